The predicted molar refractivity (Wildman–Crippen MR) is 64.8 cm³/mol. The van der Waals surface area contributed by atoms with Crippen LogP contribution in [0.1, 0.15) is 30.4 Å². The molecule has 2 rings (SSSR count). The molecule has 1 aromatic carbocycles. The van der Waals surface area contributed by atoms with Crippen LogP contribution in [0.5, 0.6) is 0 Å². The van der Waals surface area contributed by atoms with Crippen molar-refractivity contribution in [1.29, 1.82) is 5.26 Å². The summed E-state index contributed by atoms with van der Waals surface area (Å²) in [7, 11) is 0. The van der Waals surface area contributed by atoms with Gasteiger partial charge in [-0.05, 0) is 37.0 Å². The summed E-state index contributed by atoms with van der Waals surface area (Å²) < 4.78 is 0. The first kappa shape index (κ1) is 10.9. The van der Waals surface area contributed by atoms with Gasteiger partial charge in [0.1, 0.15) is 0 Å². The molecule has 2 nitrogen and oxygen atoms in total. The highest BCUT2D eigenvalue weighted by Crippen LogP contribution is 2.11. The van der Waals surface area contributed by atoms with Gasteiger partial charge in [-0.25, -0.2) is 0 Å². The Balaban J connectivity index is 1.85. The van der Waals surface area contributed by atoms with Crippen molar-refractivity contribution < 1.29 is 0 Å². The van der Waals surface area contributed by atoms with Crippen LogP contribution in [0.3, 0.4) is 0 Å². The molecule has 16 heavy (non-hydrogen) atoms. The van der Waals surface area contributed by atoms with Crippen molar-refractivity contribution in [2.75, 3.05) is 0 Å². The van der Waals surface area contributed by atoms with E-state index in [1.54, 1.807) is 0 Å². The smallest absolute Gasteiger partial charge is 0.0991 e. The number of nitrogens with one attached hydrogen (secondary N) is 1. The Morgan fingerprint density at radius 2 is 2.06 bits per heavy atom. The van der Waals surface area contributed by atoms with Crippen LogP contribution in [-0.2, 0) is 6.54 Å². The average Bonchev–Trinajstić information content (AvgIpc) is 2.38. The topological polar surface area (TPSA) is 35.8 Å². The third-order valence-electron chi connectivity index (χ3n) is 2.95. The highest BCUT2D eigenvalue weighted by atomic mass is 14.9. The van der Waals surface area contributed by atoms with Gasteiger partial charge in [0.15, 0.2) is 0 Å². The number of rotatable bonds is 3. The molecule has 1 aliphatic rings. The minimum Gasteiger partial charge on any atom is -0.310 e. The van der Waals surface area contributed by atoms with E-state index in [0.717, 1.165) is 18.5 Å². The molecule has 0 saturated heterocycles. The second-order valence-corrected chi connectivity index (χ2v) is 4.17. The van der Waals surface area contributed by atoms with Crippen LogP contribution >= 0.6 is 0 Å². The summed E-state index contributed by atoms with van der Waals surface area (Å²) in [5.74, 6) is 0. The SMILES string of the molecule is N#Cc1ccc(CNC2CC=CCC2)cc1. The molecule has 0 aromatic heterocycles. The van der Waals surface area contributed by atoms with Gasteiger partial charge in [-0.1, -0.05) is 24.3 Å². The third-order valence-corrected chi connectivity index (χ3v) is 2.95. The molecular weight excluding hydrogens is 196 g/mol. The fraction of sp³-hybridized carbons (Fsp3) is 0.357. The maximum atomic E-state index is 8.69. The molecule has 0 radical (unpaired) electrons. The molecule has 0 heterocycles. The van der Waals surface area contributed by atoms with E-state index >= 15 is 0 Å². The minimum atomic E-state index is 0.612. The van der Waals surface area contributed by atoms with Gasteiger partial charge in [-0.3, -0.25) is 0 Å². The van der Waals surface area contributed by atoms with Gasteiger partial charge in [0.2, 0.25) is 0 Å². The van der Waals surface area contributed by atoms with Gasteiger partial charge in [-0.15, -0.1) is 0 Å². The van der Waals surface area contributed by atoms with E-state index in [1.807, 2.05) is 24.3 Å². The zero-order valence-electron chi connectivity index (χ0n) is 9.32. The molecule has 0 saturated carbocycles. The van der Waals surface area contributed by atoms with E-state index in [4.69, 9.17) is 5.26 Å². The quantitative estimate of drug-likeness (QED) is 0.782. The minimum absolute atomic E-state index is 0.612. The fourth-order valence-electron chi connectivity index (χ4n) is 1.94. The molecule has 82 valence electrons. The van der Waals surface area contributed by atoms with Crippen LogP contribution < -0.4 is 5.32 Å². The van der Waals surface area contributed by atoms with Crippen LogP contribution in [0.25, 0.3) is 0 Å². The lowest BCUT2D eigenvalue weighted by Gasteiger charge is -2.19. The molecule has 2 heteroatoms. The monoisotopic (exact) mass is 212 g/mol. The van der Waals surface area contributed by atoms with E-state index in [2.05, 4.69) is 23.5 Å². The zero-order chi connectivity index (χ0) is 11.2. The highest BCUT2D eigenvalue weighted by molar-refractivity contribution is 5.31. The van der Waals surface area contributed by atoms with Crippen molar-refractivity contribution in [2.45, 2.75) is 31.8 Å². The number of nitriles is 1. The molecule has 1 aliphatic carbocycles. The Morgan fingerprint density at radius 3 is 2.69 bits per heavy atom. The first-order valence-corrected chi connectivity index (χ1v) is 5.76. The molecule has 1 atom stereocenters. The molecule has 0 aliphatic heterocycles. The summed E-state index contributed by atoms with van der Waals surface area (Å²) in [5.41, 5.74) is 1.97. The number of allylic oxidation sites excluding steroid dienone is 1. The lowest BCUT2D eigenvalue weighted by Crippen LogP contribution is -2.29. The fourth-order valence-corrected chi connectivity index (χ4v) is 1.94. The standard InChI is InChI=1S/C14H16N2/c15-10-12-6-8-13(9-7-12)11-16-14-4-2-1-3-5-14/h1-2,6-9,14,16H,3-5,11H2. The third kappa shape index (κ3) is 2.95. The van der Waals surface area contributed by atoms with Crippen LogP contribution in [0.2, 0.25) is 0 Å². The predicted octanol–water partition coefficient (Wildman–Crippen LogP) is 2.76. The van der Waals surface area contributed by atoms with Gasteiger partial charge in [-0.2, -0.15) is 5.26 Å². The molecule has 1 aromatic rings. The molecular formula is C14H16N2. The Hall–Kier alpha value is -1.59. The Bertz CT molecular complexity index is 398. The van der Waals surface area contributed by atoms with Gasteiger partial charge < -0.3 is 5.32 Å². The van der Waals surface area contributed by atoms with E-state index in [0.29, 0.717) is 6.04 Å². The summed E-state index contributed by atoms with van der Waals surface area (Å²) in [6.45, 7) is 0.893. The number of hydrogen-bond acceptors (Lipinski definition) is 2. The van der Waals surface area contributed by atoms with Crippen LogP contribution in [0, 0.1) is 11.3 Å². The summed E-state index contributed by atoms with van der Waals surface area (Å²) >= 11 is 0. The van der Waals surface area contributed by atoms with Gasteiger partial charge >= 0.3 is 0 Å². The van der Waals surface area contributed by atoms with Gasteiger partial charge in [0.05, 0.1) is 11.6 Å². The van der Waals surface area contributed by atoms with Crippen LogP contribution in [-0.4, -0.2) is 6.04 Å². The Kier molecular flexibility index (Phi) is 3.74. The van der Waals surface area contributed by atoms with Gasteiger partial charge in [0, 0.05) is 12.6 Å². The van der Waals surface area contributed by atoms with Crippen molar-refractivity contribution in [1.82, 2.24) is 5.32 Å². The lowest BCUT2D eigenvalue weighted by molar-refractivity contribution is 0.474. The van der Waals surface area contributed by atoms with E-state index in [9.17, 15) is 0 Å². The molecule has 0 fully saturated rings. The number of benzene rings is 1. The van der Waals surface area contributed by atoms with E-state index in [-0.39, 0.29) is 0 Å². The molecule has 0 spiro atoms. The Labute approximate surface area is 96.6 Å². The molecule has 0 bridgehead atoms. The highest BCUT2D eigenvalue weighted by Gasteiger charge is 2.08. The van der Waals surface area contributed by atoms with Crippen molar-refractivity contribution in [3.05, 3.63) is 47.5 Å². The van der Waals surface area contributed by atoms with Crippen molar-refractivity contribution >= 4 is 0 Å². The van der Waals surface area contributed by atoms with Crippen molar-refractivity contribution in [3.8, 4) is 6.07 Å². The maximum absolute atomic E-state index is 8.69. The maximum Gasteiger partial charge on any atom is 0.0991 e. The Morgan fingerprint density at radius 1 is 1.25 bits per heavy atom. The first-order valence-electron chi connectivity index (χ1n) is 5.76. The van der Waals surface area contributed by atoms with Crippen LogP contribution in [0.4, 0.5) is 0 Å². The van der Waals surface area contributed by atoms with E-state index in [1.165, 1.54) is 18.4 Å². The number of hydrogen-bond donors (Lipinski definition) is 1. The van der Waals surface area contributed by atoms with Crippen LogP contribution in [0.15, 0.2) is 36.4 Å². The first-order chi connectivity index (χ1) is 7.88. The molecule has 1 unspecified atom stereocenters. The van der Waals surface area contributed by atoms with Crippen molar-refractivity contribution in [2.24, 2.45) is 0 Å². The molecule has 0 amide bonds. The average molecular weight is 212 g/mol. The summed E-state index contributed by atoms with van der Waals surface area (Å²) in [4.78, 5) is 0. The largest absolute Gasteiger partial charge is 0.310 e. The second-order valence-electron chi connectivity index (χ2n) is 4.17. The summed E-state index contributed by atoms with van der Waals surface area (Å²) in [5, 5.41) is 12.2. The van der Waals surface area contributed by atoms with Gasteiger partial charge in [0.25, 0.3) is 0 Å². The molecule has 1 N–H and O–H groups in total. The normalized spacial score (nSPS) is 19.3. The summed E-state index contributed by atoms with van der Waals surface area (Å²) in [6, 6.07) is 10.5. The lowest BCUT2D eigenvalue weighted by atomic mass is 10.0. The van der Waals surface area contributed by atoms with E-state index < -0.39 is 0 Å². The number of nitrogens with zero attached hydrogens (tertiary/aromatic N) is 1. The second kappa shape index (κ2) is 5.48. The zero-order valence-corrected chi connectivity index (χ0v) is 9.32. The summed E-state index contributed by atoms with van der Waals surface area (Å²) in [6.07, 6.45) is 8.05. The van der Waals surface area contributed by atoms with Crippen molar-refractivity contribution in [3.63, 3.8) is 0 Å².